The number of hydrogen-bond acceptors (Lipinski definition) is 6. The highest BCUT2D eigenvalue weighted by Gasteiger charge is 2.38. The fourth-order valence-electron chi connectivity index (χ4n) is 5.02. The van der Waals surface area contributed by atoms with Crippen molar-refractivity contribution in [3.63, 3.8) is 0 Å². The van der Waals surface area contributed by atoms with Crippen molar-refractivity contribution < 1.29 is 19.3 Å². The van der Waals surface area contributed by atoms with E-state index in [0.717, 1.165) is 49.8 Å². The third-order valence-electron chi connectivity index (χ3n) is 7.33. The van der Waals surface area contributed by atoms with E-state index >= 15 is 0 Å². The Bertz CT molecular complexity index is 1360. The number of ether oxygens (including phenoxy) is 3. The highest BCUT2D eigenvalue weighted by Crippen LogP contribution is 2.44. The predicted molar refractivity (Wildman–Crippen MR) is 156 cm³/mol. The van der Waals surface area contributed by atoms with E-state index in [0.29, 0.717) is 6.54 Å². The van der Waals surface area contributed by atoms with Crippen LogP contribution in [-0.2, 0) is 22.6 Å². The van der Waals surface area contributed by atoms with Crippen LogP contribution < -0.4 is 10.5 Å². The van der Waals surface area contributed by atoms with Gasteiger partial charge < -0.3 is 25.1 Å². The molecule has 5 nitrogen and oxygen atoms in total. The lowest BCUT2D eigenvalue weighted by molar-refractivity contribution is -0.268. The molecular formula is C33H35NO4S. The fourth-order valence-corrected chi connectivity index (χ4v) is 6.21. The number of para-hydroxylation sites is 1. The SMILES string of the molecule is COc1ccccc1SC[C@H]1O[C@@H](c2ccc(-c3ccccc3CN)cc2)O[C@@H](c2ccc(CO)cc2)[C@H]1C. The van der Waals surface area contributed by atoms with Crippen LogP contribution in [0, 0.1) is 5.92 Å². The molecule has 202 valence electrons. The standard InChI is InChI=1S/C33H35NO4S/c1-22-30(21-39-31-10-6-5-9-29(31)36-2)37-33(38-32(22)25-13-11-23(20-35)12-14-25)26-17-15-24(16-18-26)28-8-4-3-7-27(28)19-34/h3-18,22,30,32-33,35H,19-21,34H2,1-2H3/t22-,30+,32+,33+/m0/s1. The average Bonchev–Trinajstić information content (AvgIpc) is 3.01. The first-order chi connectivity index (χ1) is 19.1. The summed E-state index contributed by atoms with van der Waals surface area (Å²) >= 11 is 1.74. The maximum absolute atomic E-state index is 9.51. The van der Waals surface area contributed by atoms with Crippen LogP contribution in [0.3, 0.4) is 0 Å². The van der Waals surface area contributed by atoms with Crippen LogP contribution >= 0.6 is 11.8 Å². The van der Waals surface area contributed by atoms with E-state index in [9.17, 15) is 5.11 Å². The van der Waals surface area contributed by atoms with Crippen LogP contribution in [0.5, 0.6) is 5.75 Å². The highest BCUT2D eigenvalue weighted by molar-refractivity contribution is 7.99. The third-order valence-corrected chi connectivity index (χ3v) is 8.47. The first-order valence-corrected chi connectivity index (χ1v) is 14.2. The molecule has 0 unspecified atom stereocenters. The van der Waals surface area contributed by atoms with Crippen molar-refractivity contribution in [3.8, 4) is 16.9 Å². The van der Waals surface area contributed by atoms with Gasteiger partial charge in [-0.1, -0.05) is 91.9 Å². The molecule has 0 aromatic heterocycles. The average molecular weight is 542 g/mol. The Morgan fingerprint density at radius 2 is 1.54 bits per heavy atom. The maximum atomic E-state index is 9.51. The predicted octanol–water partition coefficient (Wildman–Crippen LogP) is 6.90. The van der Waals surface area contributed by atoms with Gasteiger partial charge in [0, 0.05) is 28.7 Å². The normalized spacial score (nSPS) is 21.0. The molecule has 1 saturated heterocycles. The molecule has 4 atom stereocenters. The molecule has 0 amide bonds. The van der Waals surface area contributed by atoms with Crippen molar-refractivity contribution in [3.05, 3.63) is 119 Å². The van der Waals surface area contributed by atoms with Crippen molar-refractivity contribution in [1.29, 1.82) is 0 Å². The number of aliphatic hydroxyl groups excluding tert-OH is 1. The molecule has 4 aromatic rings. The van der Waals surface area contributed by atoms with Gasteiger partial charge >= 0.3 is 0 Å². The highest BCUT2D eigenvalue weighted by atomic mass is 32.2. The summed E-state index contributed by atoms with van der Waals surface area (Å²) in [7, 11) is 1.70. The minimum absolute atomic E-state index is 0.0188. The van der Waals surface area contributed by atoms with Gasteiger partial charge in [-0.05, 0) is 39.9 Å². The third kappa shape index (κ3) is 6.21. The van der Waals surface area contributed by atoms with E-state index in [1.54, 1.807) is 18.9 Å². The largest absolute Gasteiger partial charge is 0.496 e. The Morgan fingerprint density at radius 3 is 2.26 bits per heavy atom. The maximum Gasteiger partial charge on any atom is 0.184 e. The summed E-state index contributed by atoms with van der Waals surface area (Å²) in [6.07, 6.45) is -0.720. The molecule has 6 heteroatoms. The van der Waals surface area contributed by atoms with Gasteiger partial charge in [0.15, 0.2) is 6.29 Å². The number of nitrogens with two attached hydrogens (primary N) is 1. The molecule has 0 spiro atoms. The Morgan fingerprint density at radius 1 is 0.846 bits per heavy atom. The first kappa shape index (κ1) is 27.4. The number of aliphatic hydroxyl groups is 1. The van der Waals surface area contributed by atoms with E-state index in [4.69, 9.17) is 19.9 Å². The van der Waals surface area contributed by atoms with E-state index in [2.05, 4.69) is 49.4 Å². The van der Waals surface area contributed by atoms with E-state index in [-0.39, 0.29) is 24.7 Å². The zero-order valence-electron chi connectivity index (χ0n) is 22.3. The van der Waals surface area contributed by atoms with Gasteiger partial charge in [-0.15, -0.1) is 11.8 Å². The molecule has 4 aromatic carbocycles. The van der Waals surface area contributed by atoms with Gasteiger partial charge in [0.25, 0.3) is 0 Å². The molecule has 3 N–H and O–H groups in total. The zero-order valence-corrected chi connectivity index (χ0v) is 23.1. The van der Waals surface area contributed by atoms with Crippen LogP contribution in [-0.4, -0.2) is 24.1 Å². The summed E-state index contributed by atoms with van der Waals surface area (Å²) in [6.45, 7) is 2.69. The fraction of sp³-hybridized carbons (Fsp3) is 0.273. The summed E-state index contributed by atoms with van der Waals surface area (Å²) in [5.74, 6) is 1.73. The van der Waals surface area contributed by atoms with Crippen LogP contribution in [0.2, 0.25) is 0 Å². The van der Waals surface area contributed by atoms with E-state index in [1.165, 1.54) is 0 Å². The number of thioether (sulfide) groups is 1. The topological polar surface area (TPSA) is 73.9 Å². The van der Waals surface area contributed by atoms with Gasteiger partial charge in [0.2, 0.25) is 0 Å². The van der Waals surface area contributed by atoms with Crippen LogP contribution in [0.1, 0.15) is 41.6 Å². The molecule has 1 heterocycles. The molecule has 0 saturated carbocycles. The summed E-state index contributed by atoms with van der Waals surface area (Å²) in [6, 6.07) is 32.7. The molecule has 1 fully saturated rings. The second kappa shape index (κ2) is 12.8. The summed E-state index contributed by atoms with van der Waals surface area (Å²) in [5, 5.41) is 9.51. The molecule has 0 aliphatic carbocycles. The molecular weight excluding hydrogens is 506 g/mol. The second-order valence-corrected chi connectivity index (χ2v) is 10.8. The Kier molecular flexibility index (Phi) is 9.02. The number of methoxy groups -OCH3 is 1. The van der Waals surface area contributed by atoms with Gasteiger partial charge in [-0.25, -0.2) is 0 Å². The smallest absolute Gasteiger partial charge is 0.184 e. The quantitative estimate of drug-likeness (QED) is 0.225. The summed E-state index contributed by atoms with van der Waals surface area (Å²) in [4.78, 5) is 1.09. The Balaban J connectivity index is 1.41. The minimum Gasteiger partial charge on any atom is -0.496 e. The molecule has 1 aliphatic rings. The molecule has 39 heavy (non-hydrogen) atoms. The second-order valence-electron chi connectivity index (χ2n) is 9.77. The van der Waals surface area contributed by atoms with Gasteiger partial charge in [0.05, 0.1) is 25.9 Å². The van der Waals surface area contributed by atoms with Crippen molar-refractivity contribution >= 4 is 11.8 Å². The van der Waals surface area contributed by atoms with Crippen molar-refractivity contribution in [1.82, 2.24) is 0 Å². The van der Waals surface area contributed by atoms with E-state index < -0.39 is 6.29 Å². The molecule has 5 rings (SSSR count). The molecule has 0 bridgehead atoms. The summed E-state index contributed by atoms with van der Waals surface area (Å²) in [5.41, 5.74) is 12.3. The summed E-state index contributed by atoms with van der Waals surface area (Å²) < 4.78 is 18.8. The van der Waals surface area contributed by atoms with Gasteiger partial charge in [-0.2, -0.15) is 0 Å². The van der Waals surface area contributed by atoms with Crippen LogP contribution in [0.25, 0.3) is 11.1 Å². The van der Waals surface area contributed by atoms with E-state index in [1.807, 2.05) is 54.6 Å². The first-order valence-electron chi connectivity index (χ1n) is 13.3. The number of benzene rings is 4. The monoisotopic (exact) mass is 541 g/mol. The minimum atomic E-state index is -0.509. The Hall–Kier alpha value is -3.13. The van der Waals surface area contributed by atoms with Crippen molar-refractivity contribution in [2.45, 2.75) is 43.5 Å². The Labute approximate surface area is 234 Å². The molecule has 0 radical (unpaired) electrons. The van der Waals surface area contributed by atoms with Crippen LogP contribution in [0.4, 0.5) is 0 Å². The molecule has 1 aliphatic heterocycles. The van der Waals surface area contributed by atoms with Crippen LogP contribution in [0.15, 0.2) is 102 Å². The lowest BCUT2D eigenvalue weighted by atomic mass is 9.91. The number of hydrogen-bond donors (Lipinski definition) is 2. The van der Waals surface area contributed by atoms with Gasteiger partial charge in [0.1, 0.15) is 5.75 Å². The number of rotatable bonds is 9. The van der Waals surface area contributed by atoms with Gasteiger partial charge in [-0.3, -0.25) is 0 Å². The lowest BCUT2D eigenvalue weighted by Crippen LogP contribution is -2.38. The zero-order chi connectivity index (χ0) is 27.2. The van der Waals surface area contributed by atoms with Crippen molar-refractivity contribution in [2.24, 2.45) is 11.7 Å². The van der Waals surface area contributed by atoms with Crippen molar-refractivity contribution in [2.75, 3.05) is 12.9 Å². The lowest BCUT2D eigenvalue weighted by Gasteiger charge is -2.41.